The smallest absolute Gasteiger partial charge is 0.258 e. The summed E-state index contributed by atoms with van der Waals surface area (Å²) < 4.78 is 6.23. The average molecular weight is 393 g/mol. The molecular weight excluding hydrogens is 378 g/mol. The van der Waals surface area contributed by atoms with Gasteiger partial charge in [0.05, 0.1) is 11.6 Å². The van der Waals surface area contributed by atoms with Crippen LogP contribution in [0.1, 0.15) is 17.0 Å². The van der Waals surface area contributed by atoms with E-state index in [1.165, 1.54) is 0 Å². The first-order valence-corrected chi connectivity index (χ1v) is 8.34. The highest BCUT2D eigenvalue weighted by Crippen LogP contribution is 2.23. The highest BCUT2D eigenvalue weighted by atomic mass is 79.9. The highest BCUT2D eigenvalue weighted by molar-refractivity contribution is 9.10. The Hall–Kier alpha value is -1.69. The van der Waals surface area contributed by atoms with Gasteiger partial charge < -0.3 is 9.84 Å². The second-order valence-electron chi connectivity index (χ2n) is 5.18. The Labute approximate surface area is 148 Å². The van der Waals surface area contributed by atoms with Gasteiger partial charge in [-0.3, -0.25) is 0 Å². The van der Waals surface area contributed by atoms with Crippen molar-refractivity contribution >= 4 is 27.5 Å². The summed E-state index contributed by atoms with van der Waals surface area (Å²) >= 11 is 9.40. The third kappa shape index (κ3) is 3.99. The Balaban J connectivity index is 1.61. The maximum atomic E-state index is 5.98. The average Bonchev–Trinajstić information content (AvgIpc) is 3.00. The molecule has 0 bridgehead atoms. The van der Waals surface area contributed by atoms with Crippen LogP contribution < -0.4 is 5.32 Å². The van der Waals surface area contributed by atoms with Crippen molar-refractivity contribution in [3.8, 4) is 11.5 Å². The highest BCUT2D eigenvalue weighted by Gasteiger charge is 2.10. The minimum absolute atomic E-state index is 0.537. The Bertz CT molecular complexity index is 819. The monoisotopic (exact) mass is 391 g/mol. The summed E-state index contributed by atoms with van der Waals surface area (Å²) in [5.74, 6) is 1.19. The number of nitrogens with zero attached hydrogens (tertiary/aromatic N) is 2. The number of hydrogen-bond acceptors (Lipinski definition) is 4. The summed E-state index contributed by atoms with van der Waals surface area (Å²) in [4.78, 5) is 4.43. The van der Waals surface area contributed by atoms with Crippen molar-refractivity contribution in [2.45, 2.75) is 20.0 Å². The first-order chi connectivity index (χ1) is 11.1. The molecule has 0 saturated heterocycles. The molecule has 1 aromatic heterocycles. The fourth-order valence-corrected chi connectivity index (χ4v) is 2.76. The molecule has 0 aliphatic carbocycles. The molecule has 1 N–H and O–H groups in total. The van der Waals surface area contributed by atoms with E-state index in [1.54, 1.807) is 0 Å². The second-order valence-corrected chi connectivity index (χ2v) is 6.44. The van der Waals surface area contributed by atoms with Crippen LogP contribution in [-0.4, -0.2) is 10.1 Å². The second kappa shape index (κ2) is 7.25. The molecule has 0 radical (unpaired) electrons. The van der Waals surface area contributed by atoms with E-state index in [2.05, 4.69) is 31.4 Å². The van der Waals surface area contributed by atoms with Crippen LogP contribution in [0.4, 0.5) is 0 Å². The van der Waals surface area contributed by atoms with Crippen LogP contribution in [-0.2, 0) is 13.1 Å². The summed E-state index contributed by atoms with van der Waals surface area (Å²) in [6.07, 6.45) is 0. The zero-order valence-electron chi connectivity index (χ0n) is 12.5. The topological polar surface area (TPSA) is 51.0 Å². The minimum atomic E-state index is 0.537. The lowest BCUT2D eigenvalue weighted by Crippen LogP contribution is -2.13. The zero-order chi connectivity index (χ0) is 16.2. The minimum Gasteiger partial charge on any atom is -0.334 e. The van der Waals surface area contributed by atoms with Crippen molar-refractivity contribution in [1.82, 2.24) is 15.5 Å². The van der Waals surface area contributed by atoms with Crippen molar-refractivity contribution in [1.29, 1.82) is 0 Å². The van der Waals surface area contributed by atoms with E-state index in [-0.39, 0.29) is 0 Å². The molecule has 0 fully saturated rings. The number of aromatic nitrogens is 2. The number of hydrogen-bond donors (Lipinski definition) is 1. The summed E-state index contributed by atoms with van der Waals surface area (Å²) in [6.45, 7) is 3.26. The fourth-order valence-electron chi connectivity index (χ4n) is 2.22. The quantitative estimate of drug-likeness (QED) is 0.681. The van der Waals surface area contributed by atoms with E-state index in [9.17, 15) is 0 Å². The predicted molar refractivity (Wildman–Crippen MR) is 94.2 cm³/mol. The van der Waals surface area contributed by atoms with Crippen LogP contribution in [0.15, 0.2) is 51.5 Å². The molecule has 118 valence electrons. The molecule has 3 rings (SSSR count). The van der Waals surface area contributed by atoms with E-state index >= 15 is 0 Å². The number of nitrogens with one attached hydrogen (secondary N) is 1. The van der Waals surface area contributed by atoms with Crippen LogP contribution in [0.25, 0.3) is 11.5 Å². The lowest BCUT2D eigenvalue weighted by atomic mass is 10.1. The number of aryl methyl sites for hydroxylation is 1. The first-order valence-electron chi connectivity index (χ1n) is 7.17. The molecule has 0 atom stereocenters. The van der Waals surface area contributed by atoms with Crippen molar-refractivity contribution < 1.29 is 4.52 Å². The van der Waals surface area contributed by atoms with Gasteiger partial charge >= 0.3 is 0 Å². The Morgan fingerprint density at radius 1 is 1.17 bits per heavy atom. The number of benzene rings is 2. The molecule has 0 saturated carbocycles. The van der Waals surface area contributed by atoms with Crippen molar-refractivity contribution in [2.75, 3.05) is 0 Å². The molecule has 3 aromatic rings. The van der Waals surface area contributed by atoms with E-state index in [0.29, 0.717) is 29.8 Å². The largest absolute Gasteiger partial charge is 0.334 e. The van der Waals surface area contributed by atoms with E-state index in [1.807, 2.05) is 49.4 Å². The van der Waals surface area contributed by atoms with E-state index in [0.717, 1.165) is 21.2 Å². The molecule has 0 amide bonds. The summed E-state index contributed by atoms with van der Waals surface area (Å²) in [5.41, 5.74) is 3.21. The van der Waals surface area contributed by atoms with Crippen LogP contribution in [0, 0.1) is 6.92 Å². The van der Waals surface area contributed by atoms with Gasteiger partial charge in [-0.25, -0.2) is 0 Å². The molecule has 0 aliphatic heterocycles. The molecule has 0 unspecified atom stereocenters. The van der Waals surface area contributed by atoms with Crippen molar-refractivity contribution in [2.24, 2.45) is 0 Å². The van der Waals surface area contributed by atoms with Gasteiger partial charge in [-0.1, -0.05) is 41.0 Å². The van der Waals surface area contributed by atoms with Crippen LogP contribution >= 0.6 is 27.5 Å². The Kier molecular flexibility index (Phi) is 5.10. The summed E-state index contributed by atoms with van der Waals surface area (Å²) in [7, 11) is 0. The van der Waals surface area contributed by atoms with Gasteiger partial charge in [-0.15, -0.1) is 0 Å². The third-order valence-corrected chi connectivity index (χ3v) is 4.65. The van der Waals surface area contributed by atoms with Gasteiger partial charge in [0.1, 0.15) is 0 Å². The van der Waals surface area contributed by atoms with E-state index in [4.69, 9.17) is 16.1 Å². The van der Waals surface area contributed by atoms with Gasteiger partial charge in [0.2, 0.25) is 0 Å². The van der Waals surface area contributed by atoms with Gasteiger partial charge in [-0.05, 0) is 52.2 Å². The number of halogens is 2. The fraction of sp³-hybridized carbons (Fsp3) is 0.176. The lowest BCUT2D eigenvalue weighted by molar-refractivity contribution is 0.419. The molecule has 0 aliphatic rings. The summed E-state index contributed by atoms with van der Waals surface area (Å²) in [5, 5.41) is 8.02. The van der Waals surface area contributed by atoms with E-state index < -0.39 is 0 Å². The Morgan fingerprint density at radius 2 is 2.00 bits per heavy atom. The molecule has 23 heavy (non-hydrogen) atoms. The maximum absolute atomic E-state index is 5.98. The molecule has 4 nitrogen and oxygen atoms in total. The van der Waals surface area contributed by atoms with Crippen LogP contribution in [0.5, 0.6) is 0 Å². The predicted octanol–water partition coefficient (Wildman–Crippen LogP) is 4.75. The molecule has 2 aromatic carbocycles. The summed E-state index contributed by atoms with van der Waals surface area (Å²) in [6, 6.07) is 13.8. The molecule has 1 heterocycles. The van der Waals surface area contributed by atoms with Gasteiger partial charge in [0, 0.05) is 16.6 Å². The first kappa shape index (κ1) is 16.2. The van der Waals surface area contributed by atoms with Crippen LogP contribution in [0.3, 0.4) is 0 Å². The van der Waals surface area contributed by atoms with Gasteiger partial charge in [0.15, 0.2) is 5.82 Å². The lowest BCUT2D eigenvalue weighted by Gasteiger charge is -2.04. The van der Waals surface area contributed by atoms with Gasteiger partial charge in [-0.2, -0.15) is 4.98 Å². The number of rotatable bonds is 5. The SMILES string of the molecule is Cc1ccccc1-c1nc(CNCc2ccc(Cl)c(Br)c2)no1. The third-order valence-electron chi connectivity index (χ3n) is 3.44. The van der Waals surface area contributed by atoms with Crippen LogP contribution in [0.2, 0.25) is 5.02 Å². The Morgan fingerprint density at radius 3 is 2.78 bits per heavy atom. The van der Waals surface area contributed by atoms with Crippen molar-refractivity contribution in [3.63, 3.8) is 0 Å². The standard InChI is InChI=1S/C17H15BrClN3O/c1-11-4-2-3-5-13(11)17-21-16(22-23-17)10-20-9-12-6-7-15(19)14(18)8-12/h2-8,20H,9-10H2,1H3. The molecular formula is C17H15BrClN3O. The molecule has 0 spiro atoms. The van der Waals surface area contributed by atoms with Crippen molar-refractivity contribution in [3.05, 3.63) is 68.9 Å². The maximum Gasteiger partial charge on any atom is 0.258 e. The molecule has 6 heteroatoms. The normalized spacial score (nSPS) is 10.9. The van der Waals surface area contributed by atoms with Gasteiger partial charge in [0.25, 0.3) is 5.89 Å². The zero-order valence-corrected chi connectivity index (χ0v) is 14.9.